The van der Waals surface area contributed by atoms with E-state index in [4.69, 9.17) is 0 Å². The van der Waals surface area contributed by atoms with Crippen LogP contribution in [0.15, 0.2) is 0 Å². The lowest BCUT2D eigenvalue weighted by molar-refractivity contribution is -0.122. The first-order chi connectivity index (χ1) is 15.7. The van der Waals surface area contributed by atoms with Gasteiger partial charge in [-0.15, -0.1) is 0 Å². The van der Waals surface area contributed by atoms with Gasteiger partial charge in [-0.2, -0.15) is 0 Å². The van der Waals surface area contributed by atoms with E-state index in [-0.39, 0.29) is 12.0 Å². The zero-order valence-electron chi connectivity index (χ0n) is 21.9. The van der Waals surface area contributed by atoms with E-state index >= 15 is 0 Å². The number of aliphatic hydroxyl groups is 1. The Morgan fingerprint density at radius 1 is 0.594 bits per heavy atom. The molecule has 0 aromatic rings. The number of carbonyl (C=O) groups is 1. The molecule has 0 saturated heterocycles. The Bertz CT molecular complexity index is 376. The van der Waals surface area contributed by atoms with Gasteiger partial charge in [0.25, 0.3) is 0 Å². The number of rotatable bonds is 26. The fraction of sp³-hybridized carbons (Fsp3) is 0.964. The number of carbonyl (C=O) groups excluding carboxylic acids is 1. The standard InChI is InChI=1S/C28H58N2O2/c1-3-5-7-9-10-15-18-22-26-29-30-28(32)25-21-17-14-12-11-13-16-20-24-27(31)23-19-8-6-4-2/h27,29,31H,3-26H2,1-2H3,(H,30,32)/t27-/m1/s1. The second-order valence-electron chi connectivity index (χ2n) is 9.82. The van der Waals surface area contributed by atoms with Crippen LogP contribution in [0.3, 0.4) is 0 Å². The highest BCUT2D eigenvalue weighted by Gasteiger charge is 2.04. The topological polar surface area (TPSA) is 61.4 Å². The SMILES string of the molecule is CCCCCCCCCCNNC(=O)CCCCCCCCCC[C@H](O)CCCCCC. The minimum Gasteiger partial charge on any atom is -0.393 e. The number of hydrogen-bond donors (Lipinski definition) is 3. The molecule has 0 aliphatic heterocycles. The molecule has 0 aliphatic carbocycles. The van der Waals surface area contributed by atoms with Crippen molar-refractivity contribution in [2.45, 2.75) is 168 Å². The molecule has 192 valence electrons. The number of unbranched alkanes of at least 4 members (excludes halogenated alkanes) is 17. The summed E-state index contributed by atoms with van der Waals surface area (Å²) in [4.78, 5) is 11.8. The lowest BCUT2D eigenvalue weighted by Crippen LogP contribution is -2.37. The monoisotopic (exact) mass is 454 g/mol. The van der Waals surface area contributed by atoms with Crippen molar-refractivity contribution in [2.75, 3.05) is 6.54 Å². The molecule has 0 fully saturated rings. The minimum atomic E-state index is -0.0761. The van der Waals surface area contributed by atoms with Crippen molar-refractivity contribution < 1.29 is 9.90 Å². The van der Waals surface area contributed by atoms with Crippen molar-refractivity contribution in [3.8, 4) is 0 Å². The predicted octanol–water partition coefficient (Wildman–Crippen LogP) is 7.98. The predicted molar refractivity (Wildman–Crippen MR) is 140 cm³/mol. The highest BCUT2D eigenvalue weighted by Crippen LogP contribution is 2.14. The zero-order valence-corrected chi connectivity index (χ0v) is 21.9. The molecular formula is C28H58N2O2. The third-order valence-electron chi connectivity index (χ3n) is 6.47. The van der Waals surface area contributed by atoms with Crippen molar-refractivity contribution >= 4 is 5.91 Å². The summed E-state index contributed by atoms with van der Waals surface area (Å²) in [5.74, 6) is 0.137. The Kier molecular flexibility index (Phi) is 26.1. The maximum atomic E-state index is 11.8. The second-order valence-corrected chi connectivity index (χ2v) is 9.82. The van der Waals surface area contributed by atoms with E-state index in [1.165, 1.54) is 109 Å². The van der Waals surface area contributed by atoms with E-state index in [9.17, 15) is 9.90 Å². The molecule has 32 heavy (non-hydrogen) atoms. The summed E-state index contributed by atoms with van der Waals surface area (Å²) in [6.07, 6.45) is 27.7. The normalized spacial score (nSPS) is 12.2. The highest BCUT2D eigenvalue weighted by molar-refractivity contribution is 5.75. The van der Waals surface area contributed by atoms with Crippen LogP contribution in [0.2, 0.25) is 0 Å². The first-order valence-corrected chi connectivity index (χ1v) is 14.4. The van der Waals surface area contributed by atoms with Crippen LogP contribution in [0.25, 0.3) is 0 Å². The summed E-state index contributed by atoms with van der Waals surface area (Å²) in [5, 5.41) is 9.99. The molecule has 0 aliphatic rings. The third kappa shape index (κ3) is 25.6. The van der Waals surface area contributed by atoms with E-state index in [0.717, 1.165) is 38.6 Å². The molecule has 0 aromatic carbocycles. The molecule has 0 spiro atoms. The van der Waals surface area contributed by atoms with Crippen molar-refractivity contribution in [1.29, 1.82) is 0 Å². The summed E-state index contributed by atoms with van der Waals surface area (Å²) in [7, 11) is 0. The fourth-order valence-electron chi connectivity index (χ4n) is 4.25. The Morgan fingerprint density at radius 2 is 1.00 bits per heavy atom. The Hall–Kier alpha value is -0.610. The van der Waals surface area contributed by atoms with E-state index in [1.807, 2.05) is 0 Å². The van der Waals surface area contributed by atoms with Crippen LogP contribution >= 0.6 is 0 Å². The van der Waals surface area contributed by atoms with Gasteiger partial charge in [-0.25, -0.2) is 5.43 Å². The molecule has 0 bridgehead atoms. The maximum Gasteiger partial charge on any atom is 0.234 e. The Balaban J connectivity index is 3.21. The van der Waals surface area contributed by atoms with Crippen LogP contribution < -0.4 is 10.9 Å². The molecule has 0 heterocycles. The first kappa shape index (κ1) is 31.4. The molecule has 0 rings (SSSR count). The van der Waals surface area contributed by atoms with E-state index in [0.29, 0.717) is 6.42 Å². The summed E-state index contributed by atoms with van der Waals surface area (Å²) in [6, 6.07) is 0. The first-order valence-electron chi connectivity index (χ1n) is 14.4. The molecule has 4 heteroatoms. The summed E-state index contributed by atoms with van der Waals surface area (Å²) >= 11 is 0. The number of hydrazine groups is 1. The molecule has 0 saturated carbocycles. The van der Waals surface area contributed by atoms with Crippen molar-refractivity contribution in [2.24, 2.45) is 0 Å². The van der Waals surface area contributed by atoms with Gasteiger partial charge in [-0.1, -0.05) is 129 Å². The Morgan fingerprint density at radius 3 is 1.53 bits per heavy atom. The highest BCUT2D eigenvalue weighted by atomic mass is 16.3. The van der Waals surface area contributed by atoms with Gasteiger partial charge >= 0.3 is 0 Å². The van der Waals surface area contributed by atoms with Gasteiger partial charge in [0.1, 0.15) is 0 Å². The fourth-order valence-corrected chi connectivity index (χ4v) is 4.25. The number of hydrogen-bond acceptors (Lipinski definition) is 3. The maximum absolute atomic E-state index is 11.8. The average Bonchev–Trinajstić information content (AvgIpc) is 2.79. The van der Waals surface area contributed by atoms with Crippen molar-refractivity contribution in [1.82, 2.24) is 10.9 Å². The molecule has 0 aromatic heterocycles. The second kappa shape index (κ2) is 26.6. The summed E-state index contributed by atoms with van der Waals surface area (Å²) < 4.78 is 0. The van der Waals surface area contributed by atoms with Gasteiger partial charge in [-0.05, 0) is 25.7 Å². The van der Waals surface area contributed by atoms with Gasteiger partial charge in [0.05, 0.1) is 6.10 Å². The number of amides is 1. The molecule has 0 unspecified atom stereocenters. The van der Waals surface area contributed by atoms with Crippen molar-refractivity contribution in [3.63, 3.8) is 0 Å². The van der Waals surface area contributed by atoms with Crippen LogP contribution in [-0.2, 0) is 4.79 Å². The molecule has 1 amide bonds. The smallest absolute Gasteiger partial charge is 0.234 e. The molecule has 0 radical (unpaired) electrons. The molecular weight excluding hydrogens is 396 g/mol. The van der Waals surface area contributed by atoms with Gasteiger partial charge in [0.2, 0.25) is 5.91 Å². The lowest BCUT2D eigenvalue weighted by atomic mass is 10.0. The lowest BCUT2D eigenvalue weighted by Gasteiger charge is -2.10. The Labute approximate surface area is 201 Å². The minimum absolute atomic E-state index is 0.0761. The van der Waals surface area contributed by atoms with E-state index in [2.05, 4.69) is 24.7 Å². The molecule has 1 atom stereocenters. The van der Waals surface area contributed by atoms with Crippen LogP contribution in [0.1, 0.15) is 162 Å². The van der Waals surface area contributed by atoms with Gasteiger partial charge in [0.15, 0.2) is 0 Å². The quantitative estimate of drug-likeness (QED) is 0.0916. The molecule has 3 N–H and O–H groups in total. The van der Waals surface area contributed by atoms with E-state index < -0.39 is 0 Å². The van der Waals surface area contributed by atoms with Crippen molar-refractivity contribution in [3.05, 3.63) is 0 Å². The zero-order chi connectivity index (χ0) is 23.5. The van der Waals surface area contributed by atoms with Gasteiger partial charge < -0.3 is 5.11 Å². The largest absolute Gasteiger partial charge is 0.393 e. The van der Waals surface area contributed by atoms with Crippen LogP contribution in [-0.4, -0.2) is 23.7 Å². The third-order valence-corrected chi connectivity index (χ3v) is 6.47. The van der Waals surface area contributed by atoms with Crippen LogP contribution in [0.5, 0.6) is 0 Å². The van der Waals surface area contributed by atoms with Gasteiger partial charge in [-0.3, -0.25) is 10.2 Å². The summed E-state index contributed by atoms with van der Waals surface area (Å²) in [5.41, 5.74) is 5.93. The van der Waals surface area contributed by atoms with Gasteiger partial charge in [0, 0.05) is 13.0 Å². The molecule has 4 nitrogen and oxygen atoms in total. The van der Waals surface area contributed by atoms with Crippen LogP contribution in [0, 0.1) is 0 Å². The summed E-state index contributed by atoms with van der Waals surface area (Å²) in [6.45, 7) is 5.37. The number of nitrogens with one attached hydrogen (secondary N) is 2. The average molecular weight is 455 g/mol. The van der Waals surface area contributed by atoms with E-state index in [1.54, 1.807) is 0 Å². The number of aliphatic hydroxyl groups excluding tert-OH is 1. The van der Waals surface area contributed by atoms with Crippen LogP contribution in [0.4, 0.5) is 0 Å².